The van der Waals surface area contributed by atoms with Gasteiger partial charge in [-0.05, 0) is 41.8 Å². The number of hydrogen-bond acceptors (Lipinski definition) is 3. The van der Waals surface area contributed by atoms with E-state index in [1.165, 1.54) is 0 Å². The minimum atomic E-state index is -0.0354. The van der Waals surface area contributed by atoms with Gasteiger partial charge in [-0.15, -0.1) is 0 Å². The van der Waals surface area contributed by atoms with Crippen LogP contribution >= 0.6 is 43.5 Å². The molecule has 0 aliphatic heterocycles. The zero-order valence-corrected chi connectivity index (χ0v) is 13.8. The maximum Gasteiger partial charge on any atom is 0.0622 e. The SMILES string of the molecule is NNC(Cc1ccncc1Cl)c1cc(Br)ccc1Br. The number of benzene rings is 1. The number of hydrazine groups is 1. The minimum Gasteiger partial charge on any atom is -0.271 e. The molecule has 19 heavy (non-hydrogen) atoms. The molecule has 0 saturated carbocycles. The summed E-state index contributed by atoms with van der Waals surface area (Å²) in [5.41, 5.74) is 4.91. The molecule has 0 saturated heterocycles. The summed E-state index contributed by atoms with van der Waals surface area (Å²) in [7, 11) is 0. The Morgan fingerprint density at radius 2 is 2.11 bits per heavy atom. The second-order valence-corrected chi connectivity index (χ2v) is 6.23. The fourth-order valence-corrected chi connectivity index (χ4v) is 2.93. The van der Waals surface area contributed by atoms with Crippen LogP contribution < -0.4 is 11.3 Å². The molecule has 2 rings (SSSR count). The highest BCUT2D eigenvalue weighted by Crippen LogP contribution is 2.30. The third-order valence-corrected chi connectivity index (χ3v) is 4.37. The average Bonchev–Trinajstić information content (AvgIpc) is 2.41. The molecule has 1 atom stereocenters. The second-order valence-electron chi connectivity index (χ2n) is 4.06. The minimum absolute atomic E-state index is 0.0354. The van der Waals surface area contributed by atoms with E-state index < -0.39 is 0 Å². The Balaban J connectivity index is 2.30. The van der Waals surface area contributed by atoms with Crippen molar-refractivity contribution in [2.45, 2.75) is 12.5 Å². The molecule has 100 valence electrons. The molecule has 1 aromatic heterocycles. The highest BCUT2D eigenvalue weighted by atomic mass is 79.9. The largest absolute Gasteiger partial charge is 0.271 e. The van der Waals surface area contributed by atoms with Crippen LogP contribution in [0.15, 0.2) is 45.6 Å². The third-order valence-electron chi connectivity index (χ3n) is 2.82. The summed E-state index contributed by atoms with van der Waals surface area (Å²) in [4.78, 5) is 3.98. The summed E-state index contributed by atoms with van der Waals surface area (Å²) < 4.78 is 2.01. The van der Waals surface area contributed by atoms with Crippen molar-refractivity contribution in [3.8, 4) is 0 Å². The lowest BCUT2D eigenvalue weighted by Gasteiger charge is -2.19. The van der Waals surface area contributed by atoms with Gasteiger partial charge < -0.3 is 0 Å². The fraction of sp³-hybridized carbons (Fsp3) is 0.154. The monoisotopic (exact) mass is 403 g/mol. The molecule has 1 aromatic carbocycles. The molecule has 0 aliphatic rings. The number of rotatable bonds is 4. The second kappa shape index (κ2) is 6.81. The number of nitrogens with two attached hydrogens (primary N) is 1. The molecule has 3 nitrogen and oxygen atoms in total. The van der Waals surface area contributed by atoms with Crippen molar-refractivity contribution in [3.05, 3.63) is 61.8 Å². The van der Waals surface area contributed by atoms with Crippen molar-refractivity contribution in [2.24, 2.45) is 5.84 Å². The molecule has 6 heteroatoms. The zero-order chi connectivity index (χ0) is 13.8. The Kier molecular flexibility index (Phi) is 5.36. The normalized spacial score (nSPS) is 12.4. The third kappa shape index (κ3) is 3.77. The molecule has 0 aliphatic carbocycles. The Bertz CT molecular complexity index is 578. The molecule has 1 heterocycles. The van der Waals surface area contributed by atoms with Crippen molar-refractivity contribution in [1.29, 1.82) is 0 Å². The van der Waals surface area contributed by atoms with Gasteiger partial charge in [-0.3, -0.25) is 16.3 Å². The van der Waals surface area contributed by atoms with E-state index in [1.807, 2.05) is 24.3 Å². The predicted molar refractivity (Wildman–Crippen MR) is 84.9 cm³/mol. The van der Waals surface area contributed by atoms with Crippen LogP contribution in [0.3, 0.4) is 0 Å². The van der Waals surface area contributed by atoms with Crippen molar-refractivity contribution >= 4 is 43.5 Å². The first-order valence-electron chi connectivity index (χ1n) is 5.61. The van der Waals surface area contributed by atoms with E-state index in [-0.39, 0.29) is 6.04 Å². The molecule has 3 N–H and O–H groups in total. The molecular weight excluding hydrogens is 393 g/mol. The number of hydrogen-bond donors (Lipinski definition) is 2. The van der Waals surface area contributed by atoms with E-state index in [0.717, 1.165) is 20.1 Å². The maximum atomic E-state index is 6.13. The molecule has 0 amide bonds. The van der Waals surface area contributed by atoms with Crippen LogP contribution in [-0.4, -0.2) is 4.98 Å². The van der Waals surface area contributed by atoms with Crippen LogP contribution in [0.1, 0.15) is 17.2 Å². The average molecular weight is 406 g/mol. The van der Waals surface area contributed by atoms with Gasteiger partial charge >= 0.3 is 0 Å². The molecule has 0 fully saturated rings. The van der Waals surface area contributed by atoms with Gasteiger partial charge in [-0.1, -0.05) is 43.5 Å². The molecular formula is C13H12Br2ClN3. The van der Waals surface area contributed by atoms with E-state index in [9.17, 15) is 0 Å². The lowest BCUT2D eigenvalue weighted by Crippen LogP contribution is -2.30. The number of halogens is 3. The highest BCUT2D eigenvalue weighted by Gasteiger charge is 2.15. The van der Waals surface area contributed by atoms with Crippen molar-refractivity contribution in [1.82, 2.24) is 10.4 Å². The standard InChI is InChI=1S/C13H12Br2ClN3/c14-9-1-2-11(15)10(6-9)13(19-17)5-8-3-4-18-7-12(8)16/h1-4,6-7,13,19H,5,17H2. The first kappa shape index (κ1) is 14.9. The summed E-state index contributed by atoms with van der Waals surface area (Å²) in [6.07, 6.45) is 4.05. The topological polar surface area (TPSA) is 50.9 Å². The predicted octanol–water partition coefficient (Wildman–Crippen LogP) is 4.01. The van der Waals surface area contributed by atoms with Gasteiger partial charge in [0.15, 0.2) is 0 Å². The smallest absolute Gasteiger partial charge is 0.0622 e. The summed E-state index contributed by atoms with van der Waals surface area (Å²) in [5, 5.41) is 0.647. The number of pyridine rings is 1. The van der Waals surface area contributed by atoms with E-state index >= 15 is 0 Å². The summed E-state index contributed by atoms with van der Waals surface area (Å²) >= 11 is 13.1. The van der Waals surface area contributed by atoms with E-state index in [1.54, 1.807) is 12.4 Å². The lowest BCUT2D eigenvalue weighted by atomic mass is 10.00. The van der Waals surface area contributed by atoms with Crippen LogP contribution in [0.4, 0.5) is 0 Å². The quantitative estimate of drug-likeness (QED) is 0.597. The van der Waals surface area contributed by atoms with Crippen LogP contribution in [0.2, 0.25) is 5.02 Å². The van der Waals surface area contributed by atoms with Gasteiger partial charge in [0.05, 0.1) is 11.1 Å². The molecule has 0 radical (unpaired) electrons. The number of nitrogens with zero attached hydrogens (tertiary/aromatic N) is 1. The van der Waals surface area contributed by atoms with Gasteiger partial charge in [-0.2, -0.15) is 0 Å². The Morgan fingerprint density at radius 3 is 2.79 bits per heavy atom. The van der Waals surface area contributed by atoms with Crippen LogP contribution in [-0.2, 0) is 6.42 Å². The van der Waals surface area contributed by atoms with Gasteiger partial charge in [0, 0.05) is 21.3 Å². The van der Waals surface area contributed by atoms with Gasteiger partial charge in [0.1, 0.15) is 0 Å². The Morgan fingerprint density at radius 1 is 1.32 bits per heavy atom. The highest BCUT2D eigenvalue weighted by molar-refractivity contribution is 9.11. The summed E-state index contributed by atoms with van der Waals surface area (Å²) in [6.45, 7) is 0. The maximum absolute atomic E-state index is 6.13. The van der Waals surface area contributed by atoms with E-state index in [0.29, 0.717) is 11.4 Å². The molecule has 0 bridgehead atoms. The van der Waals surface area contributed by atoms with Crippen molar-refractivity contribution in [3.63, 3.8) is 0 Å². The van der Waals surface area contributed by atoms with Crippen LogP contribution in [0.25, 0.3) is 0 Å². The van der Waals surface area contributed by atoms with Crippen LogP contribution in [0, 0.1) is 0 Å². The zero-order valence-electron chi connectivity index (χ0n) is 9.91. The lowest BCUT2D eigenvalue weighted by molar-refractivity contribution is 0.549. The Hall–Kier alpha value is -0.460. The molecule has 0 spiro atoms. The van der Waals surface area contributed by atoms with E-state index in [4.69, 9.17) is 17.4 Å². The fourth-order valence-electron chi connectivity index (χ4n) is 1.83. The molecule has 2 aromatic rings. The van der Waals surface area contributed by atoms with Crippen LogP contribution in [0.5, 0.6) is 0 Å². The van der Waals surface area contributed by atoms with Crippen molar-refractivity contribution < 1.29 is 0 Å². The Labute approximate surface area is 133 Å². The van der Waals surface area contributed by atoms with Gasteiger partial charge in [0.25, 0.3) is 0 Å². The number of aromatic nitrogens is 1. The first-order chi connectivity index (χ1) is 9.11. The molecule has 1 unspecified atom stereocenters. The van der Waals surface area contributed by atoms with Crippen molar-refractivity contribution in [2.75, 3.05) is 0 Å². The first-order valence-corrected chi connectivity index (χ1v) is 7.57. The van der Waals surface area contributed by atoms with E-state index in [2.05, 4.69) is 42.3 Å². The summed E-state index contributed by atoms with van der Waals surface area (Å²) in [6, 6.07) is 7.85. The van der Waals surface area contributed by atoms with Gasteiger partial charge in [-0.25, -0.2) is 0 Å². The summed E-state index contributed by atoms with van der Waals surface area (Å²) in [5.74, 6) is 5.68. The van der Waals surface area contributed by atoms with Gasteiger partial charge in [0.2, 0.25) is 0 Å². The number of nitrogens with one attached hydrogen (secondary N) is 1.